The third kappa shape index (κ3) is 4.95. The maximum absolute atomic E-state index is 12.8. The maximum atomic E-state index is 12.8. The zero-order valence-corrected chi connectivity index (χ0v) is 17.9. The number of piperidine rings is 1. The second-order valence-electron chi connectivity index (χ2n) is 7.00. The van der Waals surface area contributed by atoms with Crippen molar-refractivity contribution in [3.63, 3.8) is 0 Å². The summed E-state index contributed by atoms with van der Waals surface area (Å²) >= 11 is 1.58. The van der Waals surface area contributed by atoms with Crippen LogP contribution in [-0.4, -0.2) is 49.2 Å². The van der Waals surface area contributed by atoms with Gasteiger partial charge in [0.2, 0.25) is 10.0 Å². The first kappa shape index (κ1) is 20.9. The smallest absolute Gasteiger partial charge is 0.252 e. The van der Waals surface area contributed by atoms with Crippen molar-refractivity contribution < 1.29 is 17.7 Å². The number of rotatable bonds is 6. The molecule has 1 amide bonds. The molecule has 1 saturated heterocycles. The number of nitrogens with one attached hydrogen (secondary N) is 1. The van der Waals surface area contributed by atoms with Gasteiger partial charge in [0.15, 0.2) is 0 Å². The third-order valence-electron chi connectivity index (χ3n) is 4.94. The van der Waals surface area contributed by atoms with E-state index in [1.54, 1.807) is 11.8 Å². The highest BCUT2D eigenvalue weighted by atomic mass is 32.2. The van der Waals surface area contributed by atoms with E-state index in [4.69, 9.17) is 4.52 Å². The molecule has 2 heterocycles. The number of carbonyl (C=O) groups is 1. The predicted octanol–water partition coefficient (Wildman–Crippen LogP) is 2.74. The summed E-state index contributed by atoms with van der Waals surface area (Å²) < 4.78 is 29.9. The van der Waals surface area contributed by atoms with Crippen LogP contribution in [0, 0.1) is 13.8 Å². The molecule has 7 nitrogen and oxygen atoms in total. The second-order valence-corrected chi connectivity index (χ2v) is 10.00. The van der Waals surface area contributed by atoms with Gasteiger partial charge in [-0.25, -0.2) is 12.7 Å². The van der Waals surface area contributed by atoms with E-state index in [9.17, 15) is 13.2 Å². The van der Waals surface area contributed by atoms with E-state index in [2.05, 4.69) is 10.5 Å². The molecule has 0 radical (unpaired) electrons. The van der Waals surface area contributed by atoms with Crippen molar-refractivity contribution in [1.29, 1.82) is 0 Å². The van der Waals surface area contributed by atoms with Crippen LogP contribution in [0.25, 0.3) is 0 Å². The highest BCUT2D eigenvalue weighted by Gasteiger charge is 2.26. The first-order valence-electron chi connectivity index (χ1n) is 9.15. The normalized spacial score (nSPS) is 16.2. The summed E-state index contributed by atoms with van der Waals surface area (Å²) in [6, 6.07) is 7.49. The van der Waals surface area contributed by atoms with E-state index in [1.807, 2.05) is 38.1 Å². The molecule has 0 unspecified atom stereocenters. The molecule has 1 aliphatic heterocycles. The Hall–Kier alpha value is -1.84. The molecule has 1 fully saturated rings. The minimum absolute atomic E-state index is 0.0221. The molecular formula is C19H25N3O4S2. The number of aryl methyl sites for hydroxylation is 2. The minimum Gasteiger partial charge on any atom is -0.361 e. The number of aromatic nitrogens is 1. The van der Waals surface area contributed by atoms with Gasteiger partial charge in [0.05, 0.1) is 17.5 Å². The van der Waals surface area contributed by atoms with Crippen molar-refractivity contribution in [1.82, 2.24) is 14.8 Å². The van der Waals surface area contributed by atoms with E-state index in [0.29, 0.717) is 37.2 Å². The van der Waals surface area contributed by atoms with Crippen LogP contribution >= 0.6 is 11.8 Å². The molecule has 0 atom stereocenters. The van der Waals surface area contributed by atoms with Crippen molar-refractivity contribution in [2.24, 2.45) is 0 Å². The van der Waals surface area contributed by atoms with Gasteiger partial charge in [-0.15, -0.1) is 11.8 Å². The topological polar surface area (TPSA) is 92.5 Å². The van der Waals surface area contributed by atoms with Crippen LogP contribution in [0.15, 0.2) is 33.7 Å². The first-order chi connectivity index (χ1) is 13.3. The van der Waals surface area contributed by atoms with Crippen molar-refractivity contribution >= 4 is 27.7 Å². The monoisotopic (exact) mass is 423 g/mol. The number of hydrogen-bond acceptors (Lipinski definition) is 6. The standard InChI is InChI=1S/C19H25N3O4S2/c1-13-17(14(2)26-21-13)12-27-18-7-5-4-6-16(18)19(23)20-15-8-10-22(11-9-15)28(3,24)25/h4-7,15H,8-12H2,1-3H3,(H,20,23). The van der Waals surface area contributed by atoms with Crippen LogP contribution in [-0.2, 0) is 15.8 Å². The Kier molecular flexibility index (Phi) is 6.47. The molecule has 1 N–H and O–H groups in total. The maximum Gasteiger partial charge on any atom is 0.252 e. The molecule has 2 aromatic rings. The summed E-state index contributed by atoms with van der Waals surface area (Å²) in [6.07, 6.45) is 2.46. The molecular weight excluding hydrogens is 398 g/mol. The lowest BCUT2D eigenvalue weighted by Crippen LogP contribution is -2.46. The molecule has 9 heteroatoms. The summed E-state index contributed by atoms with van der Waals surface area (Å²) in [7, 11) is -3.17. The van der Waals surface area contributed by atoms with Gasteiger partial charge in [-0.2, -0.15) is 0 Å². The number of amides is 1. The summed E-state index contributed by atoms with van der Waals surface area (Å²) in [5.74, 6) is 1.35. The lowest BCUT2D eigenvalue weighted by molar-refractivity contribution is 0.0921. The van der Waals surface area contributed by atoms with Gasteiger partial charge in [-0.05, 0) is 38.8 Å². The molecule has 1 aromatic heterocycles. The quantitative estimate of drug-likeness (QED) is 0.718. The fraction of sp³-hybridized carbons (Fsp3) is 0.474. The van der Waals surface area contributed by atoms with Gasteiger partial charge >= 0.3 is 0 Å². The van der Waals surface area contributed by atoms with Gasteiger partial charge in [-0.1, -0.05) is 17.3 Å². The second kappa shape index (κ2) is 8.67. The lowest BCUT2D eigenvalue weighted by atomic mass is 10.1. The SMILES string of the molecule is Cc1noc(C)c1CSc1ccccc1C(=O)NC1CCN(S(C)(=O)=O)CC1. The first-order valence-corrected chi connectivity index (χ1v) is 12.0. The number of thioether (sulfide) groups is 1. The molecule has 0 aliphatic carbocycles. The molecule has 1 aromatic carbocycles. The van der Waals surface area contributed by atoms with Crippen LogP contribution < -0.4 is 5.32 Å². The van der Waals surface area contributed by atoms with Crippen LogP contribution in [0.2, 0.25) is 0 Å². The van der Waals surface area contributed by atoms with Crippen LogP contribution in [0.1, 0.15) is 40.2 Å². The molecule has 28 heavy (non-hydrogen) atoms. The highest BCUT2D eigenvalue weighted by molar-refractivity contribution is 7.98. The Morgan fingerprint density at radius 1 is 1.29 bits per heavy atom. The number of benzene rings is 1. The summed E-state index contributed by atoms with van der Waals surface area (Å²) in [4.78, 5) is 13.7. The van der Waals surface area contributed by atoms with Crippen molar-refractivity contribution in [2.45, 2.75) is 43.4 Å². The molecule has 152 valence electrons. The number of hydrogen-bond donors (Lipinski definition) is 1. The van der Waals surface area contributed by atoms with Crippen molar-refractivity contribution in [3.05, 3.63) is 46.8 Å². The number of sulfonamides is 1. The average Bonchev–Trinajstić information content (AvgIpc) is 2.98. The van der Waals surface area contributed by atoms with E-state index in [0.717, 1.165) is 21.9 Å². The summed E-state index contributed by atoms with van der Waals surface area (Å²) in [5.41, 5.74) is 2.54. The Balaban J connectivity index is 1.63. The fourth-order valence-corrected chi connectivity index (χ4v) is 5.31. The van der Waals surface area contributed by atoms with Crippen molar-refractivity contribution in [2.75, 3.05) is 19.3 Å². The van der Waals surface area contributed by atoms with E-state index >= 15 is 0 Å². The highest BCUT2D eigenvalue weighted by Crippen LogP contribution is 2.29. The van der Waals surface area contributed by atoms with E-state index < -0.39 is 10.0 Å². The Labute approximate surface area is 169 Å². The molecule has 0 saturated carbocycles. The van der Waals surface area contributed by atoms with E-state index in [-0.39, 0.29) is 11.9 Å². The summed E-state index contributed by atoms with van der Waals surface area (Å²) in [5, 5.41) is 7.03. The van der Waals surface area contributed by atoms with Crippen LogP contribution in [0.4, 0.5) is 0 Å². The van der Waals surface area contributed by atoms with Gasteiger partial charge in [-0.3, -0.25) is 4.79 Å². The number of nitrogens with zero attached hydrogens (tertiary/aromatic N) is 2. The zero-order valence-electron chi connectivity index (χ0n) is 16.3. The molecule has 0 bridgehead atoms. The van der Waals surface area contributed by atoms with E-state index in [1.165, 1.54) is 10.6 Å². The Morgan fingerprint density at radius 3 is 2.57 bits per heavy atom. The van der Waals surface area contributed by atoms with Crippen LogP contribution in [0.3, 0.4) is 0 Å². The fourth-order valence-electron chi connectivity index (χ4n) is 3.23. The van der Waals surface area contributed by atoms with Crippen molar-refractivity contribution in [3.8, 4) is 0 Å². The third-order valence-corrected chi connectivity index (χ3v) is 7.35. The van der Waals surface area contributed by atoms with Gasteiger partial charge < -0.3 is 9.84 Å². The largest absolute Gasteiger partial charge is 0.361 e. The minimum atomic E-state index is -3.17. The van der Waals surface area contributed by atoms with Gasteiger partial charge in [0.25, 0.3) is 5.91 Å². The summed E-state index contributed by atoms with van der Waals surface area (Å²) in [6.45, 7) is 4.67. The molecule has 3 rings (SSSR count). The Morgan fingerprint density at radius 2 is 1.96 bits per heavy atom. The van der Waals surface area contributed by atoms with Crippen LogP contribution in [0.5, 0.6) is 0 Å². The predicted molar refractivity (Wildman–Crippen MR) is 109 cm³/mol. The molecule has 1 aliphatic rings. The van der Waals surface area contributed by atoms with Gasteiger partial charge in [0, 0.05) is 35.3 Å². The lowest BCUT2D eigenvalue weighted by Gasteiger charge is -2.30. The zero-order chi connectivity index (χ0) is 20.3. The molecule has 0 spiro atoms. The average molecular weight is 424 g/mol. The van der Waals surface area contributed by atoms with Gasteiger partial charge in [0.1, 0.15) is 5.76 Å². The number of carbonyl (C=O) groups excluding carboxylic acids is 1. The Bertz CT molecular complexity index is 928.